The van der Waals surface area contributed by atoms with Gasteiger partial charge in [-0.1, -0.05) is 47.1 Å². The topological polar surface area (TPSA) is 59.2 Å². The van der Waals surface area contributed by atoms with Gasteiger partial charge >= 0.3 is 0 Å². The van der Waals surface area contributed by atoms with Crippen molar-refractivity contribution in [2.24, 2.45) is 0 Å². The van der Waals surface area contributed by atoms with Gasteiger partial charge in [0.1, 0.15) is 0 Å². The largest absolute Gasteiger partial charge is 0.339 e. The number of halogens is 1. The van der Waals surface area contributed by atoms with Crippen molar-refractivity contribution < 1.29 is 9.32 Å². The molecule has 1 saturated heterocycles. The predicted octanol–water partition coefficient (Wildman–Crippen LogP) is 3.91. The molecule has 1 aliphatic rings. The average molecular weight is 354 g/mol. The Morgan fingerprint density at radius 1 is 1.12 bits per heavy atom. The fourth-order valence-corrected chi connectivity index (χ4v) is 3.14. The van der Waals surface area contributed by atoms with Crippen molar-refractivity contribution >= 4 is 17.5 Å². The van der Waals surface area contributed by atoms with Gasteiger partial charge in [-0.3, -0.25) is 4.79 Å². The normalized spacial score (nSPS) is 17.2. The van der Waals surface area contributed by atoms with Gasteiger partial charge in [0.05, 0.1) is 5.92 Å². The molecule has 1 fully saturated rings. The lowest BCUT2D eigenvalue weighted by Crippen LogP contribution is -2.24. The van der Waals surface area contributed by atoms with E-state index in [0.717, 1.165) is 11.1 Å². The lowest BCUT2D eigenvalue weighted by atomic mass is 10.1. The maximum Gasteiger partial charge on any atom is 0.232 e. The van der Waals surface area contributed by atoms with Gasteiger partial charge in [0.15, 0.2) is 0 Å². The minimum atomic E-state index is -0.0650. The monoisotopic (exact) mass is 353 g/mol. The van der Waals surface area contributed by atoms with E-state index in [1.54, 1.807) is 12.1 Å². The van der Waals surface area contributed by atoms with Gasteiger partial charge in [-0.15, -0.1) is 0 Å². The van der Waals surface area contributed by atoms with E-state index in [9.17, 15) is 4.79 Å². The molecule has 126 valence electrons. The molecule has 2 aromatic carbocycles. The second kappa shape index (κ2) is 6.69. The number of amides is 1. The first-order valence-electron chi connectivity index (χ1n) is 8.10. The van der Waals surface area contributed by atoms with Gasteiger partial charge in [0.25, 0.3) is 0 Å². The van der Waals surface area contributed by atoms with Crippen LogP contribution in [0.15, 0.2) is 59.1 Å². The molecule has 5 nitrogen and oxygen atoms in total. The first-order chi connectivity index (χ1) is 12.2. The fraction of sp³-hybridized carbons (Fsp3) is 0.211. The van der Waals surface area contributed by atoms with Crippen molar-refractivity contribution in [3.05, 3.63) is 71.1 Å². The van der Waals surface area contributed by atoms with Crippen LogP contribution in [0.2, 0.25) is 5.02 Å². The van der Waals surface area contributed by atoms with Crippen LogP contribution in [0.3, 0.4) is 0 Å². The highest BCUT2D eigenvalue weighted by molar-refractivity contribution is 6.30. The van der Waals surface area contributed by atoms with E-state index >= 15 is 0 Å². The number of hydrogen-bond donors (Lipinski definition) is 0. The molecule has 1 unspecified atom stereocenters. The zero-order valence-corrected chi connectivity index (χ0v) is 14.2. The standard InChI is InChI=1S/C19H16ClN3O2/c20-16-8-6-14(7-9-16)18-21-19(25-22-18)15-10-17(24)23(12-15)11-13-4-2-1-3-5-13/h1-9,15H,10-12H2. The highest BCUT2D eigenvalue weighted by atomic mass is 35.5. The van der Waals surface area contributed by atoms with E-state index in [4.69, 9.17) is 16.1 Å². The summed E-state index contributed by atoms with van der Waals surface area (Å²) in [6.07, 6.45) is 0.398. The maximum absolute atomic E-state index is 12.3. The molecule has 1 aliphatic heterocycles. The Bertz CT molecular complexity index is 877. The van der Waals surface area contributed by atoms with Crippen molar-refractivity contribution in [1.82, 2.24) is 15.0 Å². The smallest absolute Gasteiger partial charge is 0.232 e. The Morgan fingerprint density at radius 2 is 1.88 bits per heavy atom. The number of carbonyl (C=O) groups excluding carboxylic acids is 1. The van der Waals surface area contributed by atoms with Gasteiger partial charge < -0.3 is 9.42 Å². The highest BCUT2D eigenvalue weighted by Crippen LogP contribution is 2.29. The molecule has 0 radical (unpaired) electrons. The third-order valence-electron chi connectivity index (χ3n) is 4.32. The van der Waals surface area contributed by atoms with Gasteiger partial charge in [0, 0.05) is 30.1 Å². The van der Waals surface area contributed by atoms with Gasteiger partial charge in [-0.2, -0.15) is 4.98 Å². The summed E-state index contributed by atoms with van der Waals surface area (Å²) in [5.74, 6) is 1.07. The molecule has 1 aromatic heterocycles. The number of hydrogen-bond acceptors (Lipinski definition) is 4. The minimum absolute atomic E-state index is 0.0650. The summed E-state index contributed by atoms with van der Waals surface area (Å²) in [7, 11) is 0. The first kappa shape index (κ1) is 15.8. The van der Waals surface area contributed by atoms with Crippen LogP contribution in [0, 0.1) is 0 Å². The Kier molecular flexibility index (Phi) is 4.24. The molecule has 0 saturated carbocycles. The van der Waals surface area contributed by atoms with Crippen LogP contribution in [0.4, 0.5) is 0 Å². The number of rotatable bonds is 4. The Morgan fingerprint density at radius 3 is 2.64 bits per heavy atom. The molecule has 3 aromatic rings. The maximum atomic E-state index is 12.3. The van der Waals surface area contributed by atoms with Crippen molar-refractivity contribution in [1.29, 1.82) is 0 Å². The average Bonchev–Trinajstić information content (AvgIpc) is 3.24. The number of likely N-dealkylation sites (tertiary alicyclic amines) is 1. The van der Waals surface area contributed by atoms with Gasteiger partial charge in [-0.05, 0) is 29.8 Å². The molecule has 1 atom stereocenters. The molecule has 2 heterocycles. The summed E-state index contributed by atoms with van der Waals surface area (Å²) in [4.78, 5) is 18.6. The second-order valence-corrected chi connectivity index (χ2v) is 6.56. The third-order valence-corrected chi connectivity index (χ3v) is 4.58. The van der Waals surface area contributed by atoms with Crippen LogP contribution < -0.4 is 0 Å². The number of benzene rings is 2. The van der Waals surface area contributed by atoms with Crippen LogP contribution in [-0.2, 0) is 11.3 Å². The van der Waals surface area contributed by atoms with E-state index < -0.39 is 0 Å². The molecule has 4 rings (SSSR count). The predicted molar refractivity (Wildman–Crippen MR) is 94.0 cm³/mol. The van der Waals surface area contributed by atoms with Crippen molar-refractivity contribution in [2.45, 2.75) is 18.9 Å². The number of carbonyl (C=O) groups is 1. The van der Waals surface area contributed by atoms with E-state index in [-0.39, 0.29) is 11.8 Å². The van der Waals surface area contributed by atoms with E-state index in [0.29, 0.717) is 36.2 Å². The summed E-state index contributed by atoms with van der Waals surface area (Å²) >= 11 is 5.90. The quantitative estimate of drug-likeness (QED) is 0.713. The Balaban J connectivity index is 1.48. The Hall–Kier alpha value is -2.66. The van der Waals surface area contributed by atoms with E-state index in [1.165, 1.54) is 0 Å². The van der Waals surface area contributed by atoms with Crippen molar-refractivity contribution in [3.8, 4) is 11.4 Å². The molecule has 0 aliphatic carbocycles. The summed E-state index contributed by atoms with van der Waals surface area (Å²) in [6.45, 7) is 1.20. The summed E-state index contributed by atoms with van der Waals surface area (Å²) in [5.41, 5.74) is 1.95. The highest BCUT2D eigenvalue weighted by Gasteiger charge is 2.34. The lowest BCUT2D eigenvalue weighted by Gasteiger charge is -2.15. The lowest BCUT2D eigenvalue weighted by molar-refractivity contribution is -0.128. The van der Waals surface area contributed by atoms with Gasteiger partial charge in [0.2, 0.25) is 17.6 Å². The van der Waals surface area contributed by atoms with Crippen LogP contribution in [-0.4, -0.2) is 27.5 Å². The molecule has 1 amide bonds. The van der Waals surface area contributed by atoms with Gasteiger partial charge in [-0.25, -0.2) is 0 Å². The molecule has 0 N–H and O–H groups in total. The molecule has 0 bridgehead atoms. The second-order valence-electron chi connectivity index (χ2n) is 6.12. The summed E-state index contributed by atoms with van der Waals surface area (Å²) in [5, 5.41) is 4.69. The zero-order valence-electron chi connectivity index (χ0n) is 13.4. The molecule has 25 heavy (non-hydrogen) atoms. The van der Waals surface area contributed by atoms with Crippen molar-refractivity contribution in [3.63, 3.8) is 0 Å². The van der Waals surface area contributed by atoms with Crippen LogP contribution in [0.1, 0.15) is 23.8 Å². The first-order valence-corrected chi connectivity index (χ1v) is 8.48. The zero-order chi connectivity index (χ0) is 17.2. The van der Waals surface area contributed by atoms with E-state index in [2.05, 4.69) is 10.1 Å². The van der Waals surface area contributed by atoms with E-state index in [1.807, 2.05) is 47.4 Å². The Labute approximate surface area is 150 Å². The fourth-order valence-electron chi connectivity index (χ4n) is 3.01. The molecular weight excluding hydrogens is 338 g/mol. The summed E-state index contributed by atoms with van der Waals surface area (Å²) in [6, 6.07) is 17.2. The minimum Gasteiger partial charge on any atom is -0.339 e. The SMILES string of the molecule is O=C1CC(c2nc(-c3ccc(Cl)cc3)no2)CN1Cc1ccccc1. The molecular formula is C19H16ClN3O2. The van der Waals surface area contributed by atoms with Crippen LogP contribution >= 0.6 is 11.6 Å². The van der Waals surface area contributed by atoms with Crippen LogP contribution in [0.5, 0.6) is 0 Å². The molecule has 0 spiro atoms. The molecule has 6 heteroatoms. The number of aromatic nitrogens is 2. The van der Waals surface area contributed by atoms with Crippen molar-refractivity contribution in [2.75, 3.05) is 6.54 Å². The number of nitrogens with zero attached hydrogens (tertiary/aromatic N) is 3. The summed E-state index contributed by atoms with van der Waals surface area (Å²) < 4.78 is 5.41. The third kappa shape index (κ3) is 3.42. The van der Waals surface area contributed by atoms with Crippen LogP contribution in [0.25, 0.3) is 11.4 Å².